The molecule has 0 bridgehead atoms. The lowest BCUT2D eigenvalue weighted by Crippen LogP contribution is -2.02. The van der Waals surface area contributed by atoms with Crippen LogP contribution < -0.4 is 5.32 Å². The molecule has 0 aliphatic heterocycles. The van der Waals surface area contributed by atoms with E-state index >= 15 is 0 Å². The Morgan fingerprint density at radius 1 is 1.40 bits per heavy atom. The molecule has 0 spiro atoms. The first-order chi connectivity index (χ1) is 7.40. The van der Waals surface area contributed by atoms with Crippen molar-refractivity contribution in [2.45, 2.75) is 0 Å². The topological polar surface area (TPSA) is 34.1 Å². The van der Waals surface area contributed by atoms with Gasteiger partial charge in [0.05, 0.1) is 22.5 Å². The van der Waals surface area contributed by atoms with Crippen LogP contribution in [0.15, 0.2) is 35.8 Å². The number of hydrogen-bond acceptors (Lipinski definition) is 4. The van der Waals surface area contributed by atoms with E-state index in [0.717, 1.165) is 11.4 Å². The van der Waals surface area contributed by atoms with E-state index in [-0.39, 0.29) is 0 Å². The van der Waals surface area contributed by atoms with Gasteiger partial charge in [0.25, 0.3) is 0 Å². The van der Waals surface area contributed by atoms with Crippen LogP contribution in [0.5, 0.6) is 0 Å². The molecular formula is C11H12N2OS. The average molecular weight is 220 g/mol. The number of anilines is 1. The van der Waals surface area contributed by atoms with Crippen molar-refractivity contribution in [2.75, 3.05) is 19.2 Å². The van der Waals surface area contributed by atoms with Crippen LogP contribution in [-0.4, -0.2) is 18.8 Å². The van der Waals surface area contributed by atoms with Crippen molar-refractivity contribution in [1.29, 1.82) is 0 Å². The number of pyridine rings is 1. The van der Waals surface area contributed by atoms with E-state index in [2.05, 4.69) is 16.4 Å². The quantitative estimate of drug-likeness (QED) is 0.804. The van der Waals surface area contributed by atoms with Crippen LogP contribution in [0.1, 0.15) is 0 Å². The predicted molar refractivity (Wildman–Crippen MR) is 63.0 cm³/mol. The molecule has 0 amide bonds. The molecule has 2 rings (SSSR count). The summed E-state index contributed by atoms with van der Waals surface area (Å²) in [5.41, 5.74) is 1.98. The molecule has 2 aromatic rings. The highest BCUT2D eigenvalue weighted by Crippen LogP contribution is 2.23. The first kappa shape index (κ1) is 10.1. The van der Waals surface area contributed by atoms with Gasteiger partial charge in [-0.15, -0.1) is 11.3 Å². The van der Waals surface area contributed by atoms with Crippen molar-refractivity contribution in [1.82, 2.24) is 4.98 Å². The molecule has 0 fully saturated rings. The normalized spacial score (nSPS) is 10.2. The lowest BCUT2D eigenvalue weighted by Gasteiger charge is -2.04. The van der Waals surface area contributed by atoms with Gasteiger partial charge in [-0.05, 0) is 23.6 Å². The van der Waals surface area contributed by atoms with Gasteiger partial charge in [-0.25, -0.2) is 0 Å². The standard InChI is InChI=1S/C11H12N2OS/c1-14-8-13-9-4-5-10(12-7-9)11-3-2-6-15-11/h2-7,13H,8H2,1H3. The number of hydrogen-bond donors (Lipinski definition) is 1. The van der Waals surface area contributed by atoms with Crippen LogP contribution in [0.4, 0.5) is 5.69 Å². The van der Waals surface area contributed by atoms with Gasteiger partial charge in [-0.3, -0.25) is 4.98 Å². The SMILES string of the molecule is COCNc1ccc(-c2cccs2)nc1. The van der Waals surface area contributed by atoms with Gasteiger partial charge in [-0.1, -0.05) is 6.07 Å². The molecular weight excluding hydrogens is 208 g/mol. The third-order valence-corrected chi connectivity index (χ3v) is 2.85. The summed E-state index contributed by atoms with van der Waals surface area (Å²) in [4.78, 5) is 5.55. The summed E-state index contributed by atoms with van der Waals surface area (Å²) < 4.78 is 4.91. The minimum absolute atomic E-state index is 0.500. The first-order valence-corrected chi connectivity index (χ1v) is 5.51. The largest absolute Gasteiger partial charge is 0.365 e. The van der Waals surface area contributed by atoms with Crippen LogP contribution in [0.2, 0.25) is 0 Å². The number of methoxy groups -OCH3 is 1. The lowest BCUT2D eigenvalue weighted by molar-refractivity contribution is 0.221. The lowest BCUT2D eigenvalue weighted by atomic mass is 10.3. The number of nitrogens with one attached hydrogen (secondary N) is 1. The first-order valence-electron chi connectivity index (χ1n) is 4.63. The van der Waals surface area contributed by atoms with Crippen molar-refractivity contribution < 1.29 is 4.74 Å². The maximum Gasteiger partial charge on any atom is 0.116 e. The molecule has 0 aliphatic carbocycles. The van der Waals surface area contributed by atoms with E-state index in [1.54, 1.807) is 18.4 Å². The molecule has 15 heavy (non-hydrogen) atoms. The molecule has 0 saturated carbocycles. The Morgan fingerprint density at radius 3 is 2.93 bits per heavy atom. The third kappa shape index (κ3) is 2.55. The van der Waals surface area contributed by atoms with Crippen LogP contribution in [0.25, 0.3) is 10.6 Å². The predicted octanol–water partition coefficient (Wildman–Crippen LogP) is 2.83. The minimum Gasteiger partial charge on any atom is -0.365 e. The zero-order chi connectivity index (χ0) is 10.5. The molecule has 3 nitrogen and oxygen atoms in total. The smallest absolute Gasteiger partial charge is 0.116 e. The molecule has 78 valence electrons. The molecule has 4 heteroatoms. The Labute approximate surface area is 92.7 Å². The van der Waals surface area contributed by atoms with Crippen molar-refractivity contribution in [2.24, 2.45) is 0 Å². The second-order valence-electron chi connectivity index (χ2n) is 3.02. The average Bonchev–Trinajstić information content (AvgIpc) is 2.80. The van der Waals surface area contributed by atoms with Gasteiger partial charge in [0.2, 0.25) is 0 Å². The van der Waals surface area contributed by atoms with Crippen LogP contribution in [0.3, 0.4) is 0 Å². The van der Waals surface area contributed by atoms with Crippen molar-refractivity contribution in [3.05, 3.63) is 35.8 Å². The summed E-state index contributed by atoms with van der Waals surface area (Å²) in [6, 6.07) is 8.10. The molecule has 0 unspecified atom stereocenters. The van der Waals surface area contributed by atoms with Gasteiger partial charge < -0.3 is 10.1 Å². The van der Waals surface area contributed by atoms with Crippen molar-refractivity contribution in [3.8, 4) is 10.6 Å². The summed E-state index contributed by atoms with van der Waals surface area (Å²) >= 11 is 1.69. The third-order valence-electron chi connectivity index (χ3n) is 1.96. The molecule has 2 heterocycles. The van der Waals surface area contributed by atoms with Crippen molar-refractivity contribution in [3.63, 3.8) is 0 Å². The van der Waals surface area contributed by atoms with Crippen LogP contribution >= 0.6 is 11.3 Å². The van der Waals surface area contributed by atoms with E-state index in [4.69, 9.17) is 4.74 Å². The van der Waals surface area contributed by atoms with E-state index in [9.17, 15) is 0 Å². The molecule has 2 aromatic heterocycles. The molecule has 0 aliphatic rings. The fraction of sp³-hybridized carbons (Fsp3) is 0.182. The Hall–Kier alpha value is -1.39. The summed E-state index contributed by atoms with van der Waals surface area (Å²) in [5.74, 6) is 0. The highest BCUT2D eigenvalue weighted by Gasteiger charge is 1.99. The maximum absolute atomic E-state index is 4.91. The number of rotatable bonds is 4. The Bertz CT molecular complexity index is 397. The highest BCUT2D eigenvalue weighted by molar-refractivity contribution is 7.13. The monoisotopic (exact) mass is 220 g/mol. The molecule has 0 aromatic carbocycles. The summed E-state index contributed by atoms with van der Waals surface area (Å²) in [6.45, 7) is 0.500. The van der Waals surface area contributed by atoms with Crippen LogP contribution in [-0.2, 0) is 4.74 Å². The number of aromatic nitrogens is 1. The minimum atomic E-state index is 0.500. The summed E-state index contributed by atoms with van der Waals surface area (Å²) in [6.07, 6.45) is 1.81. The second kappa shape index (κ2) is 4.91. The van der Waals surface area contributed by atoms with E-state index < -0.39 is 0 Å². The highest BCUT2D eigenvalue weighted by atomic mass is 32.1. The number of nitrogens with zero attached hydrogens (tertiary/aromatic N) is 1. The molecule has 1 N–H and O–H groups in total. The Morgan fingerprint density at radius 2 is 2.33 bits per heavy atom. The molecule has 0 atom stereocenters. The summed E-state index contributed by atoms with van der Waals surface area (Å²) in [5, 5.41) is 5.14. The van der Waals surface area contributed by atoms with Crippen molar-refractivity contribution >= 4 is 17.0 Å². The number of thiophene rings is 1. The van der Waals surface area contributed by atoms with Gasteiger partial charge in [-0.2, -0.15) is 0 Å². The van der Waals surface area contributed by atoms with Gasteiger partial charge in [0.15, 0.2) is 0 Å². The maximum atomic E-state index is 4.91. The van der Waals surface area contributed by atoms with E-state index in [1.807, 2.05) is 29.8 Å². The fourth-order valence-corrected chi connectivity index (χ4v) is 1.93. The zero-order valence-corrected chi connectivity index (χ0v) is 9.25. The van der Waals surface area contributed by atoms with E-state index in [1.165, 1.54) is 4.88 Å². The van der Waals surface area contributed by atoms with Gasteiger partial charge >= 0.3 is 0 Å². The Kier molecular flexibility index (Phi) is 3.32. The summed E-state index contributed by atoms with van der Waals surface area (Å²) in [7, 11) is 1.65. The molecule has 0 saturated heterocycles. The zero-order valence-electron chi connectivity index (χ0n) is 8.43. The van der Waals surface area contributed by atoms with E-state index in [0.29, 0.717) is 6.73 Å². The number of ether oxygens (including phenoxy) is 1. The molecule has 0 radical (unpaired) electrons. The Balaban J connectivity index is 2.11. The fourth-order valence-electron chi connectivity index (χ4n) is 1.22. The van der Waals surface area contributed by atoms with Gasteiger partial charge in [0.1, 0.15) is 6.73 Å². The van der Waals surface area contributed by atoms with Gasteiger partial charge in [0, 0.05) is 7.11 Å². The van der Waals surface area contributed by atoms with Crippen LogP contribution in [0, 0.1) is 0 Å². The second-order valence-corrected chi connectivity index (χ2v) is 3.97.